The maximum absolute atomic E-state index is 12.8. The molecule has 0 aliphatic carbocycles. The van der Waals surface area contributed by atoms with Crippen molar-refractivity contribution in [2.75, 3.05) is 17.7 Å². The van der Waals surface area contributed by atoms with E-state index in [0.717, 1.165) is 5.69 Å². The fourth-order valence-corrected chi connectivity index (χ4v) is 2.90. The largest absolute Gasteiger partial charge is 0.508 e. The maximum atomic E-state index is 12.8. The lowest BCUT2D eigenvalue weighted by Crippen LogP contribution is -2.24. The standard InChI is InChI=1S/C20H19N9O3/c1-28(14-5-3-2-4-6-14)12-16-17(23-27-29(16)19-18(21)25-32-26-19)20(31)24-22-11-13-7-9-15(30)10-8-13/h2-11,30H,12H2,1H3,(H2,21,25)(H,24,31)/b22-11+. The summed E-state index contributed by atoms with van der Waals surface area (Å²) >= 11 is 0. The number of carbonyl (C=O) groups excluding carboxylic acids is 1. The molecule has 0 saturated carbocycles. The number of aromatic nitrogens is 5. The molecule has 162 valence electrons. The SMILES string of the molecule is CN(Cc1c(C(=O)N/N=C/c2ccc(O)cc2)nnn1-c1nonc1N)c1ccccc1. The monoisotopic (exact) mass is 433 g/mol. The van der Waals surface area contributed by atoms with Crippen molar-refractivity contribution < 1.29 is 14.5 Å². The predicted molar refractivity (Wildman–Crippen MR) is 115 cm³/mol. The van der Waals surface area contributed by atoms with Crippen LogP contribution in [-0.4, -0.2) is 49.6 Å². The quantitative estimate of drug-likeness (QED) is 0.288. The number of phenolic OH excluding ortho intramolecular Hbond substituents is 1. The smallest absolute Gasteiger partial charge is 0.293 e. The summed E-state index contributed by atoms with van der Waals surface area (Å²) in [5.74, 6) is -0.300. The normalized spacial score (nSPS) is 11.0. The topological polar surface area (TPSA) is 161 Å². The Balaban J connectivity index is 1.61. The van der Waals surface area contributed by atoms with Gasteiger partial charge in [-0.25, -0.2) is 10.1 Å². The van der Waals surface area contributed by atoms with Gasteiger partial charge in [0, 0.05) is 12.7 Å². The molecule has 4 N–H and O–H groups in total. The molecule has 1 amide bonds. The Bertz CT molecular complexity index is 1230. The highest BCUT2D eigenvalue weighted by molar-refractivity contribution is 5.94. The lowest BCUT2D eigenvalue weighted by Gasteiger charge is -2.19. The Labute approximate surface area is 181 Å². The minimum Gasteiger partial charge on any atom is -0.508 e. The van der Waals surface area contributed by atoms with Crippen molar-refractivity contribution in [2.24, 2.45) is 5.10 Å². The molecule has 0 unspecified atom stereocenters. The molecule has 2 heterocycles. The third-order valence-corrected chi connectivity index (χ3v) is 4.53. The van der Waals surface area contributed by atoms with Crippen LogP contribution in [0.25, 0.3) is 5.82 Å². The van der Waals surface area contributed by atoms with Crippen LogP contribution in [0.2, 0.25) is 0 Å². The van der Waals surface area contributed by atoms with Gasteiger partial charge in [0.2, 0.25) is 11.6 Å². The maximum Gasteiger partial charge on any atom is 0.293 e. The molecular weight excluding hydrogens is 414 g/mol. The molecule has 0 aliphatic rings. The highest BCUT2D eigenvalue weighted by atomic mass is 16.6. The number of benzene rings is 2. The summed E-state index contributed by atoms with van der Waals surface area (Å²) in [6.07, 6.45) is 1.44. The Kier molecular flexibility index (Phi) is 5.74. The van der Waals surface area contributed by atoms with Gasteiger partial charge in [0.05, 0.1) is 18.5 Å². The van der Waals surface area contributed by atoms with E-state index in [-0.39, 0.29) is 29.6 Å². The molecule has 12 nitrogen and oxygen atoms in total. The van der Waals surface area contributed by atoms with Crippen molar-refractivity contribution in [2.45, 2.75) is 6.54 Å². The van der Waals surface area contributed by atoms with Crippen LogP contribution >= 0.6 is 0 Å². The third kappa shape index (κ3) is 4.38. The fraction of sp³-hybridized carbons (Fsp3) is 0.100. The summed E-state index contributed by atoms with van der Waals surface area (Å²) in [4.78, 5) is 14.7. The lowest BCUT2D eigenvalue weighted by atomic mass is 10.2. The number of hydrogen-bond acceptors (Lipinski definition) is 10. The molecule has 0 radical (unpaired) electrons. The average Bonchev–Trinajstić information content (AvgIpc) is 3.41. The number of phenols is 1. The van der Waals surface area contributed by atoms with Gasteiger partial charge in [0.1, 0.15) is 5.75 Å². The minimum atomic E-state index is -0.572. The number of nitrogens with zero attached hydrogens (tertiary/aromatic N) is 7. The summed E-state index contributed by atoms with van der Waals surface area (Å²) in [7, 11) is 1.86. The number of amides is 1. The van der Waals surface area contributed by atoms with Crippen molar-refractivity contribution in [3.8, 4) is 11.6 Å². The first-order chi connectivity index (χ1) is 15.5. The van der Waals surface area contributed by atoms with Crippen LogP contribution in [0.4, 0.5) is 11.5 Å². The number of carbonyl (C=O) groups is 1. The Morgan fingerprint density at radius 2 is 1.97 bits per heavy atom. The number of nitrogens with two attached hydrogens (primary N) is 1. The Hall–Kier alpha value is -4.74. The van der Waals surface area contributed by atoms with E-state index in [9.17, 15) is 9.90 Å². The Morgan fingerprint density at radius 3 is 2.66 bits per heavy atom. The van der Waals surface area contributed by atoms with Crippen LogP contribution in [0.15, 0.2) is 64.3 Å². The molecule has 4 rings (SSSR count). The van der Waals surface area contributed by atoms with Gasteiger partial charge in [-0.1, -0.05) is 23.4 Å². The van der Waals surface area contributed by atoms with E-state index in [1.165, 1.54) is 23.0 Å². The second kappa shape index (κ2) is 8.95. The van der Waals surface area contributed by atoms with Gasteiger partial charge in [-0.05, 0) is 52.3 Å². The number of para-hydroxylation sites is 1. The van der Waals surface area contributed by atoms with Crippen molar-refractivity contribution >= 4 is 23.6 Å². The first kappa shape index (κ1) is 20.5. The molecule has 12 heteroatoms. The predicted octanol–water partition coefficient (Wildman–Crippen LogP) is 1.34. The molecule has 0 atom stereocenters. The van der Waals surface area contributed by atoms with E-state index in [1.807, 2.05) is 42.3 Å². The summed E-state index contributed by atoms with van der Waals surface area (Å²) in [5, 5.41) is 28.6. The summed E-state index contributed by atoms with van der Waals surface area (Å²) in [5.41, 5.74) is 10.3. The Morgan fingerprint density at radius 1 is 1.22 bits per heavy atom. The van der Waals surface area contributed by atoms with E-state index >= 15 is 0 Å². The van der Waals surface area contributed by atoms with Crippen molar-refractivity contribution in [1.29, 1.82) is 0 Å². The number of hydrazone groups is 1. The lowest BCUT2D eigenvalue weighted by molar-refractivity contribution is 0.0949. The zero-order valence-electron chi connectivity index (χ0n) is 17.0. The van der Waals surface area contributed by atoms with Gasteiger partial charge in [-0.2, -0.15) is 9.78 Å². The van der Waals surface area contributed by atoms with E-state index in [0.29, 0.717) is 11.3 Å². The highest BCUT2D eigenvalue weighted by Crippen LogP contribution is 2.20. The average molecular weight is 433 g/mol. The summed E-state index contributed by atoms with van der Waals surface area (Å²) in [6, 6.07) is 15.9. The van der Waals surface area contributed by atoms with Gasteiger partial charge in [0.15, 0.2) is 5.69 Å². The number of aromatic hydroxyl groups is 1. The second-order valence-electron chi connectivity index (χ2n) is 6.75. The van der Waals surface area contributed by atoms with Gasteiger partial charge in [-0.15, -0.1) is 5.10 Å². The number of hydrogen-bond donors (Lipinski definition) is 3. The van der Waals surface area contributed by atoms with Crippen molar-refractivity contribution in [3.63, 3.8) is 0 Å². The molecule has 2 aromatic heterocycles. The van der Waals surface area contributed by atoms with E-state index in [2.05, 4.69) is 35.8 Å². The van der Waals surface area contributed by atoms with Gasteiger partial charge >= 0.3 is 0 Å². The molecule has 4 aromatic rings. The molecule has 0 saturated heterocycles. The van der Waals surface area contributed by atoms with Crippen LogP contribution in [-0.2, 0) is 6.54 Å². The first-order valence-corrected chi connectivity index (χ1v) is 9.44. The first-order valence-electron chi connectivity index (χ1n) is 9.44. The zero-order chi connectivity index (χ0) is 22.5. The van der Waals surface area contributed by atoms with Crippen LogP contribution in [0.5, 0.6) is 5.75 Å². The van der Waals surface area contributed by atoms with E-state index in [4.69, 9.17) is 5.73 Å². The summed E-state index contributed by atoms with van der Waals surface area (Å²) in [6.45, 7) is 0.258. The zero-order valence-corrected chi connectivity index (χ0v) is 17.0. The number of rotatable bonds is 7. The fourth-order valence-electron chi connectivity index (χ4n) is 2.90. The molecule has 0 spiro atoms. The van der Waals surface area contributed by atoms with Crippen LogP contribution in [0.3, 0.4) is 0 Å². The molecule has 32 heavy (non-hydrogen) atoms. The van der Waals surface area contributed by atoms with Gasteiger partial charge in [0.25, 0.3) is 5.91 Å². The van der Waals surface area contributed by atoms with Gasteiger partial charge in [-0.3, -0.25) is 4.79 Å². The van der Waals surface area contributed by atoms with E-state index < -0.39 is 5.91 Å². The third-order valence-electron chi connectivity index (χ3n) is 4.53. The molecule has 0 bridgehead atoms. The number of anilines is 2. The number of nitrogens with one attached hydrogen (secondary N) is 1. The van der Waals surface area contributed by atoms with Gasteiger partial charge < -0.3 is 15.7 Å². The number of nitrogen functional groups attached to an aromatic ring is 1. The summed E-state index contributed by atoms with van der Waals surface area (Å²) < 4.78 is 5.98. The molecule has 0 fully saturated rings. The molecule has 2 aromatic carbocycles. The molecule has 0 aliphatic heterocycles. The van der Waals surface area contributed by atoms with Crippen molar-refractivity contribution in [1.82, 2.24) is 30.7 Å². The van der Waals surface area contributed by atoms with Crippen molar-refractivity contribution in [3.05, 3.63) is 71.5 Å². The van der Waals surface area contributed by atoms with E-state index in [1.54, 1.807) is 12.1 Å². The highest BCUT2D eigenvalue weighted by Gasteiger charge is 2.25. The van der Waals surface area contributed by atoms with Crippen LogP contribution < -0.4 is 16.1 Å². The minimum absolute atomic E-state index is 0.0100. The van der Waals surface area contributed by atoms with Crippen LogP contribution in [0, 0.1) is 0 Å². The van der Waals surface area contributed by atoms with Crippen LogP contribution in [0.1, 0.15) is 21.7 Å². The second-order valence-corrected chi connectivity index (χ2v) is 6.75. The molecular formula is C20H19N9O3.